The standard InChI is InChI=1S/C12H6F4N2O4/c13-11(14)12(15,16)22-9-3-5(1-2-8(9)21-11)6-4-7(10(19)20)18-17-6/h1-4H,(H,17,18)(H,19,20). The molecular weight excluding hydrogens is 312 g/mol. The minimum atomic E-state index is -4.82. The summed E-state index contributed by atoms with van der Waals surface area (Å²) in [5, 5.41) is 14.7. The monoisotopic (exact) mass is 318 g/mol. The Balaban J connectivity index is 1.99. The first kappa shape index (κ1) is 14.2. The predicted molar refractivity (Wildman–Crippen MR) is 62.1 cm³/mol. The molecule has 0 bridgehead atoms. The highest BCUT2D eigenvalue weighted by Crippen LogP contribution is 2.47. The van der Waals surface area contributed by atoms with Gasteiger partial charge in [-0.05, 0) is 24.3 Å². The summed E-state index contributed by atoms with van der Waals surface area (Å²) < 4.78 is 60.1. The first-order chi connectivity index (χ1) is 10.2. The number of hydrogen-bond acceptors (Lipinski definition) is 4. The van der Waals surface area contributed by atoms with Crippen molar-refractivity contribution in [2.24, 2.45) is 0 Å². The highest BCUT2D eigenvalue weighted by atomic mass is 19.3. The third-order valence-corrected chi connectivity index (χ3v) is 2.86. The number of carbonyl (C=O) groups is 1. The second kappa shape index (κ2) is 4.36. The highest BCUT2D eigenvalue weighted by Gasteiger charge is 2.65. The molecular formula is C12H6F4N2O4. The lowest BCUT2D eigenvalue weighted by Crippen LogP contribution is -2.52. The van der Waals surface area contributed by atoms with Gasteiger partial charge in [0.15, 0.2) is 11.5 Å². The van der Waals surface area contributed by atoms with Gasteiger partial charge in [0, 0.05) is 5.56 Å². The van der Waals surface area contributed by atoms with Crippen molar-refractivity contribution in [3.63, 3.8) is 0 Å². The van der Waals surface area contributed by atoms with Gasteiger partial charge in [0.1, 0.15) is 5.69 Å². The van der Waals surface area contributed by atoms with E-state index in [1.807, 2.05) is 0 Å². The molecule has 1 aromatic carbocycles. The van der Waals surface area contributed by atoms with E-state index in [4.69, 9.17) is 5.11 Å². The molecule has 0 radical (unpaired) electrons. The van der Waals surface area contributed by atoms with E-state index in [0.717, 1.165) is 18.2 Å². The van der Waals surface area contributed by atoms with Gasteiger partial charge in [-0.15, -0.1) is 0 Å². The average Bonchev–Trinajstić information content (AvgIpc) is 2.88. The Labute approximate surface area is 119 Å². The van der Waals surface area contributed by atoms with E-state index in [9.17, 15) is 22.4 Å². The van der Waals surface area contributed by atoms with Crippen molar-refractivity contribution < 1.29 is 36.9 Å². The smallest absolute Gasteiger partial charge is 0.477 e. The van der Waals surface area contributed by atoms with Crippen LogP contribution in [0.3, 0.4) is 0 Å². The molecule has 0 unspecified atom stereocenters. The molecule has 2 aromatic rings. The molecule has 1 aromatic heterocycles. The second-order valence-corrected chi connectivity index (χ2v) is 4.37. The lowest BCUT2D eigenvalue weighted by molar-refractivity contribution is -0.391. The Hall–Kier alpha value is -2.78. The number of ether oxygens (including phenoxy) is 2. The quantitative estimate of drug-likeness (QED) is 0.832. The number of hydrogen-bond donors (Lipinski definition) is 2. The van der Waals surface area contributed by atoms with Crippen LogP contribution in [0.15, 0.2) is 24.3 Å². The van der Waals surface area contributed by atoms with E-state index >= 15 is 0 Å². The number of nitrogens with one attached hydrogen (secondary N) is 1. The molecule has 6 nitrogen and oxygen atoms in total. The Morgan fingerprint density at radius 1 is 1.09 bits per heavy atom. The van der Waals surface area contributed by atoms with Crippen LogP contribution >= 0.6 is 0 Å². The van der Waals surface area contributed by atoms with E-state index in [2.05, 4.69) is 19.7 Å². The van der Waals surface area contributed by atoms with Crippen LogP contribution < -0.4 is 9.47 Å². The van der Waals surface area contributed by atoms with E-state index < -0.39 is 29.7 Å². The van der Waals surface area contributed by atoms with Gasteiger partial charge in [0.2, 0.25) is 0 Å². The van der Waals surface area contributed by atoms with Crippen LogP contribution in [0.5, 0.6) is 11.5 Å². The first-order valence-corrected chi connectivity index (χ1v) is 5.76. The van der Waals surface area contributed by atoms with Crippen LogP contribution in [0.2, 0.25) is 0 Å². The van der Waals surface area contributed by atoms with E-state index in [1.54, 1.807) is 0 Å². The van der Waals surface area contributed by atoms with Crippen LogP contribution in [0.4, 0.5) is 17.6 Å². The van der Waals surface area contributed by atoms with Crippen LogP contribution in [0.25, 0.3) is 11.3 Å². The molecule has 1 aliphatic heterocycles. The number of alkyl halides is 4. The molecule has 0 atom stereocenters. The van der Waals surface area contributed by atoms with Crippen molar-refractivity contribution in [1.82, 2.24) is 10.2 Å². The average molecular weight is 318 g/mol. The summed E-state index contributed by atoms with van der Waals surface area (Å²) in [4.78, 5) is 10.7. The number of rotatable bonds is 2. The highest BCUT2D eigenvalue weighted by molar-refractivity contribution is 5.86. The fourth-order valence-corrected chi connectivity index (χ4v) is 1.81. The van der Waals surface area contributed by atoms with E-state index in [-0.39, 0.29) is 17.0 Å². The zero-order valence-corrected chi connectivity index (χ0v) is 10.4. The second-order valence-electron chi connectivity index (χ2n) is 4.37. The van der Waals surface area contributed by atoms with Crippen molar-refractivity contribution in [1.29, 1.82) is 0 Å². The predicted octanol–water partition coefficient (Wildman–Crippen LogP) is 2.73. The van der Waals surface area contributed by atoms with Crippen LogP contribution in [0, 0.1) is 0 Å². The molecule has 10 heteroatoms. The van der Waals surface area contributed by atoms with Crippen LogP contribution in [-0.4, -0.2) is 33.5 Å². The van der Waals surface area contributed by atoms with Crippen molar-refractivity contribution in [3.8, 4) is 22.8 Å². The van der Waals surface area contributed by atoms with Gasteiger partial charge in [0.05, 0.1) is 5.69 Å². The minimum Gasteiger partial charge on any atom is -0.477 e. The summed E-state index contributed by atoms with van der Waals surface area (Å²) in [6.45, 7) is 0. The maximum absolute atomic E-state index is 13.1. The van der Waals surface area contributed by atoms with Gasteiger partial charge in [-0.2, -0.15) is 22.7 Å². The summed E-state index contributed by atoms with van der Waals surface area (Å²) in [5.41, 5.74) is 0.0818. The molecule has 0 saturated heterocycles. The summed E-state index contributed by atoms with van der Waals surface area (Å²) in [6.07, 6.45) is -9.61. The summed E-state index contributed by atoms with van der Waals surface area (Å²) in [6, 6.07) is 4.41. The van der Waals surface area contributed by atoms with Crippen molar-refractivity contribution in [2.45, 2.75) is 12.2 Å². The third kappa shape index (κ3) is 2.12. The molecule has 0 amide bonds. The maximum atomic E-state index is 13.1. The molecule has 0 saturated carbocycles. The Morgan fingerprint density at radius 3 is 2.32 bits per heavy atom. The number of nitrogens with zero attached hydrogens (tertiary/aromatic N) is 1. The number of H-pyrrole nitrogens is 1. The minimum absolute atomic E-state index is 0.115. The van der Waals surface area contributed by atoms with Gasteiger partial charge < -0.3 is 14.6 Å². The summed E-state index contributed by atoms with van der Waals surface area (Å²) in [7, 11) is 0. The molecule has 3 rings (SSSR count). The molecule has 22 heavy (non-hydrogen) atoms. The summed E-state index contributed by atoms with van der Waals surface area (Å²) >= 11 is 0. The Kier molecular flexibility index (Phi) is 2.81. The van der Waals surface area contributed by atoms with Crippen LogP contribution in [0.1, 0.15) is 10.5 Å². The lowest BCUT2D eigenvalue weighted by atomic mass is 10.1. The van der Waals surface area contributed by atoms with Crippen molar-refractivity contribution in [2.75, 3.05) is 0 Å². The third-order valence-electron chi connectivity index (χ3n) is 2.86. The topological polar surface area (TPSA) is 84.4 Å². The largest absolute Gasteiger partial charge is 0.507 e. The van der Waals surface area contributed by atoms with E-state index in [0.29, 0.717) is 0 Å². The number of halogens is 4. The molecule has 0 fully saturated rings. The number of carboxylic acids is 1. The van der Waals surface area contributed by atoms with Crippen molar-refractivity contribution in [3.05, 3.63) is 30.0 Å². The zero-order chi connectivity index (χ0) is 16.1. The fourth-order valence-electron chi connectivity index (χ4n) is 1.81. The van der Waals surface area contributed by atoms with Gasteiger partial charge in [-0.1, -0.05) is 0 Å². The Bertz CT molecular complexity index is 759. The van der Waals surface area contributed by atoms with E-state index in [1.165, 1.54) is 6.07 Å². The maximum Gasteiger partial charge on any atom is 0.507 e. The number of fused-ring (bicyclic) bond motifs is 1. The first-order valence-electron chi connectivity index (χ1n) is 5.76. The normalized spacial score (nSPS) is 18.0. The summed E-state index contributed by atoms with van der Waals surface area (Å²) in [5.74, 6) is -2.43. The van der Waals surface area contributed by atoms with Gasteiger partial charge >= 0.3 is 18.2 Å². The number of aromatic amines is 1. The zero-order valence-electron chi connectivity index (χ0n) is 10.4. The molecule has 1 aliphatic rings. The lowest BCUT2D eigenvalue weighted by Gasteiger charge is -2.31. The number of carboxylic acid groups (broad SMARTS) is 1. The SMILES string of the molecule is O=C(O)c1cc(-c2ccc3c(c2)OC(F)(F)C(F)(F)O3)n[nH]1. The fraction of sp³-hybridized carbons (Fsp3) is 0.167. The molecule has 2 N–H and O–H groups in total. The van der Waals surface area contributed by atoms with Gasteiger partial charge in [0.25, 0.3) is 0 Å². The van der Waals surface area contributed by atoms with Gasteiger partial charge in [-0.25, -0.2) is 4.79 Å². The number of benzene rings is 1. The van der Waals surface area contributed by atoms with Gasteiger partial charge in [-0.3, -0.25) is 5.10 Å². The van der Waals surface area contributed by atoms with Crippen molar-refractivity contribution >= 4 is 5.97 Å². The molecule has 2 heterocycles. The molecule has 0 aliphatic carbocycles. The number of aromatic nitrogens is 2. The number of aromatic carboxylic acids is 1. The molecule has 0 spiro atoms. The molecule has 116 valence electrons. The Morgan fingerprint density at radius 2 is 1.73 bits per heavy atom. The van der Waals surface area contributed by atoms with Crippen LogP contribution in [-0.2, 0) is 0 Å².